The molecule has 1 saturated heterocycles. The maximum absolute atomic E-state index is 12.0. The predicted molar refractivity (Wildman–Crippen MR) is 88.3 cm³/mol. The minimum Gasteiger partial charge on any atom is -0.449 e. The molecule has 1 fully saturated rings. The number of rotatable bonds is 5. The van der Waals surface area contributed by atoms with Gasteiger partial charge in [-0.3, -0.25) is 4.79 Å². The number of benzene rings is 1. The van der Waals surface area contributed by atoms with E-state index in [1.54, 1.807) is 36.0 Å². The summed E-state index contributed by atoms with van der Waals surface area (Å²) in [4.78, 5) is 25.0. The first-order valence-corrected chi connectivity index (χ1v) is 10.2. The Morgan fingerprint density at radius 3 is 2.48 bits per heavy atom. The molecule has 0 aromatic heterocycles. The molecule has 1 amide bonds. The van der Waals surface area contributed by atoms with E-state index in [1.807, 2.05) is 6.26 Å². The van der Waals surface area contributed by atoms with Crippen LogP contribution in [0.2, 0.25) is 0 Å². The van der Waals surface area contributed by atoms with Gasteiger partial charge in [-0.1, -0.05) is 0 Å². The highest BCUT2D eigenvalue weighted by Gasteiger charge is 2.30. The van der Waals surface area contributed by atoms with Gasteiger partial charge in [0.1, 0.15) is 0 Å². The van der Waals surface area contributed by atoms with E-state index in [-0.39, 0.29) is 11.5 Å². The molecule has 0 bridgehead atoms. The fourth-order valence-electron chi connectivity index (χ4n) is 2.24. The average Bonchev–Trinajstić information content (AvgIpc) is 2.86. The topological polar surface area (TPSA) is 89.5 Å². The van der Waals surface area contributed by atoms with E-state index >= 15 is 0 Å². The SMILES string of the molecule is CSc1ccc(C(=O)O[C@H](C)C(=O)N[C@H]2CCS(=O)(=O)C2)cc1. The lowest BCUT2D eigenvalue weighted by molar-refractivity contribution is -0.129. The molecule has 0 saturated carbocycles. The Bertz CT molecular complexity index is 684. The summed E-state index contributed by atoms with van der Waals surface area (Å²) in [6.07, 6.45) is 1.35. The molecule has 1 heterocycles. The van der Waals surface area contributed by atoms with Gasteiger partial charge >= 0.3 is 5.97 Å². The minimum absolute atomic E-state index is 0.0600. The summed E-state index contributed by atoms with van der Waals surface area (Å²) in [6, 6.07) is 6.48. The van der Waals surface area contributed by atoms with E-state index in [2.05, 4.69) is 5.32 Å². The van der Waals surface area contributed by atoms with Crippen LogP contribution in [0.1, 0.15) is 23.7 Å². The van der Waals surface area contributed by atoms with Crippen LogP contribution in [0, 0.1) is 0 Å². The summed E-state index contributed by atoms with van der Waals surface area (Å²) in [7, 11) is -3.06. The van der Waals surface area contributed by atoms with E-state index in [1.165, 1.54) is 6.92 Å². The highest BCUT2D eigenvalue weighted by atomic mass is 32.2. The zero-order chi connectivity index (χ0) is 17.0. The zero-order valence-corrected chi connectivity index (χ0v) is 14.6. The highest BCUT2D eigenvalue weighted by molar-refractivity contribution is 7.98. The predicted octanol–water partition coefficient (Wildman–Crippen LogP) is 1.26. The van der Waals surface area contributed by atoms with Gasteiger partial charge < -0.3 is 10.1 Å². The van der Waals surface area contributed by atoms with Crippen LogP contribution in [0.4, 0.5) is 0 Å². The molecule has 23 heavy (non-hydrogen) atoms. The Morgan fingerprint density at radius 1 is 1.30 bits per heavy atom. The smallest absolute Gasteiger partial charge is 0.338 e. The maximum Gasteiger partial charge on any atom is 0.338 e. The van der Waals surface area contributed by atoms with Crippen molar-refractivity contribution in [3.8, 4) is 0 Å². The summed E-state index contributed by atoms with van der Waals surface area (Å²) in [5, 5.41) is 2.61. The van der Waals surface area contributed by atoms with Gasteiger partial charge in [0.15, 0.2) is 15.9 Å². The molecule has 1 aromatic carbocycles. The molecule has 2 rings (SSSR count). The largest absolute Gasteiger partial charge is 0.449 e. The second-order valence-electron chi connectivity index (χ2n) is 5.38. The number of esters is 1. The maximum atomic E-state index is 12.0. The summed E-state index contributed by atoms with van der Waals surface area (Å²) in [5.41, 5.74) is 0.367. The van der Waals surface area contributed by atoms with E-state index in [9.17, 15) is 18.0 Å². The molecule has 6 nitrogen and oxygen atoms in total. The van der Waals surface area contributed by atoms with Crippen molar-refractivity contribution < 1.29 is 22.7 Å². The van der Waals surface area contributed by atoms with E-state index in [0.29, 0.717) is 12.0 Å². The average molecular weight is 357 g/mol. The van der Waals surface area contributed by atoms with Crippen molar-refractivity contribution in [1.82, 2.24) is 5.32 Å². The van der Waals surface area contributed by atoms with Crippen molar-refractivity contribution in [2.45, 2.75) is 30.4 Å². The number of nitrogens with one attached hydrogen (secondary N) is 1. The van der Waals surface area contributed by atoms with Gasteiger partial charge in [-0.05, 0) is 43.9 Å². The van der Waals surface area contributed by atoms with E-state index < -0.39 is 33.9 Å². The number of sulfone groups is 1. The summed E-state index contributed by atoms with van der Waals surface area (Å²) >= 11 is 1.56. The highest BCUT2D eigenvalue weighted by Crippen LogP contribution is 2.16. The summed E-state index contributed by atoms with van der Waals surface area (Å²) in [5.74, 6) is -1.05. The Labute approximate surface area is 139 Å². The third-order valence-electron chi connectivity index (χ3n) is 3.56. The number of carbonyl (C=O) groups excluding carboxylic acids is 2. The number of carbonyl (C=O) groups is 2. The molecule has 1 N–H and O–H groups in total. The van der Waals surface area contributed by atoms with Crippen LogP contribution in [0.5, 0.6) is 0 Å². The lowest BCUT2D eigenvalue weighted by Gasteiger charge is -2.16. The molecule has 1 aromatic rings. The Morgan fingerprint density at radius 2 is 1.96 bits per heavy atom. The molecule has 126 valence electrons. The number of hydrogen-bond donors (Lipinski definition) is 1. The Kier molecular flexibility index (Phi) is 5.69. The monoisotopic (exact) mass is 357 g/mol. The molecular weight excluding hydrogens is 338 g/mol. The number of ether oxygens (including phenoxy) is 1. The van der Waals surface area contributed by atoms with Crippen LogP contribution >= 0.6 is 11.8 Å². The molecule has 0 aliphatic carbocycles. The minimum atomic E-state index is -3.06. The standard InChI is InChI=1S/C15H19NO5S2/c1-10(14(17)16-12-7-8-23(19,20)9-12)21-15(18)11-3-5-13(22-2)6-4-11/h3-6,10,12H,7-9H2,1-2H3,(H,16,17)/t10-,12+/m1/s1. The first-order chi connectivity index (χ1) is 10.8. The molecular formula is C15H19NO5S2. The molecule has 8 heteroatoms. The third kappa shape index (κ3) is 4.97. The van der Waals surface area contributed by atoms with Gasteiger partial charge in [-0.15, -0.1) is 11.8 Å². The van der Waals surface area contributed by atoms with Crippen LogP contribution in [-0.4, -0.2) is 50.2 Å². The lowest BCUT2D eigenvalue weighted by atomic mass is 10.2. The quantitative estimate of drug-likeness (QED) is 0.630. The molecule has 2 atom stereocenters. The van der Waals surface area contributed by atoms with Crippen molar-refractivity contribution in [2.24, 2.45) is 0 Å². The lowest BCUT2D eigenvalue weighted by Crippen LogP contribution is -2.42. The first kappa shape index (κ1) is 17.8. The van der Waals surface area contributed by atoms with Crippen molar-refractivity contribution in [3.05, 3.63) is 29.8 Å². The number of thioether (sulfide) groups is 1. The number of amides is 1. The first-order valence-electron chi connectivity index (χ1n) is 7.16. The summed E-state index contributed by atoms with van der Waals surface area (Å²) < 4.78 is 27.9. The van der Waals surface area contributed by atoms with Crippen LogP contribution in [-0.2, 0) is 19.4 Å². The van der Waals surface area contributed by atoms with Crippen molar-refractivity contribution in [2.75, 3.05) is 17.8 Å². The van der Waals surface area contributed by atoms with Gasteiger partial charge in [-0.2, -0.15) is 0 Å². The molecule has 0 spiro atoms. The van der Waals surface area contributed by atoms with Gasteiger partial charge in [-0.25, -0.2) is 13.2 Å². The van der Waals surface area contributed by atoms with Crippen molar-refractivity contribution >= 4 is 33.5 Å². The fourth-order valence-corrected chi connectivity index (χ4v) is 4.32. The Balaban J connectivity index is 1.88. The normalized spacial score (nSPS) is 20.7. The second kappa shape index (κ2) is 7.35. The van der Waals surface area contributed by atoms with Crippen molar-refractivity contribution in [1.29, 1.82) is 0 Å². The molecule has 1 aliphatic rings. The zero-order valence-electron chi connectivity index (χ0n) is 12.9. The molecule has 1 aliphatic heterocycles. The summed E-state index contributed by atoms with van der Waals surface area (Å²) in [6.45, 7) is 1.47. The second-order valence-corrected chi connectivity index (χ2v) is 8.49. The number of hydrogen-bond acceptors (Lipinski definition) is 6. The molecule has 0 unspecified atom stereocenters. The van der Waals surface area contributed by atoms with Crippen molar-refractivity contribution in [3.63, 3.8) is 0 Å². The van der Waals surface area contributed by atoms with E-state index in [0.717, 1.165) is 4.90 Å². The van der Waals surface area contributed by atoms with Crippen LogP contribution < -0.4 is 5.32 Å². The molecule has 0 radical (unpaired) electrons. The van der Waals surface area contributed by atoms with Gasteiger partial charge in [0.25, 0.3) is 5.91 Å². The van der Waals surface area contributed by atoms with Gasteiger partial charge in [0.2, 0.25) is 0 Å². The third-order valence-corrected chi connectivity index (χ3v) is 6.07. The van der Waals surface area contributed by atoms with Crippen LogP contribution in [0.25, 0.3) is 0 Å². The van der Waals surface area contributed by atoms with Crippen LogP contribution in [0.3, 0.4) is 0 Å². The Hall–Kier alpha value is -1.54. The van der Waals surface area contributed by atoms with E-state index in [4.69, 9.17) is 4.74 Å². The van der Waals surface area contributed by atoms with Crippen LogP contribution in [0.15, 0.2) is 29.2 Å². The fraction of sp³-hybridized carbons (Fsp3) is 0.467. The van der Waals surface area contributed by atoms with Gasteiger partial charge in [0, 0.05) is 10.9 Å². The van der Waals surface area contributed by atoms with Gasteiger partial charge in [0.05, 0.1) is 17.1 Å².